The van der Waals surface area contributed by atoms with E-state index in [2.05, 4.69) is 12.2 Å². The van der Waals surface area contributed by atoms with E-state index in [0.717, 1.165) is 6.42 Å². The number of carbonyl (C=O) groups is 2. The van der Waals surface area contributed by atoms with Crippen LogP contribution in [0.25, 0.3) is 0 Å². The van der Waals surface area contributed by atoms with Crippen molar-refractivity contribution in [2.24, 2.45) is 0 Å². The van der Waals surface area contributed by atoms with Gasteiger partial charge in [-0.2, -0.15) is 0 Å². The summed E-state index contributed by atoms with van der Waals surface area (Å²) in [6.07, 6.45) is 0.00607. The van der Waals surface area contributed by atoms with Crippen molar-refractivity contribution in [1.29, 1.82) is 0 Å². The lowest BCUT2D eigenvalue weighted by Gasteiger charge is -2.18. The summed E-state index contributed by atoms with van der Waals surface area (Å²) in [5.41, 5.74) is 1.49. The molecule has 142 valence electrons. The molecule has 3 rings (SSSR count). The number of hydrogen-bond acceptors (Lipinski definition) is 5. The van der Waals surface area contributed by atoms with Gasteiger partial charge in [-0.1, -0.05) is 37.3 Å². The molecule has 27 heavy (non-hydrogen) atoms. The van der Waals surface area contributed by atoms with Gasteiger partial charge in [-0.3, -0.25) is 4.79 Å². The van der Waals surface area contributed by atoms with Gasteiger partial charge in [0.15, 0.2) is 17.6 Å². The Labute approximate surface area is 158 Å². The second-order valence-corrected chi connectivity index (χ2v) is 6.38. The van der Waals surface area contributed by atoms with Gasteiger partial charge in [0, 0.05) is 12.5 Å². The van der Waals surface area contributed by atoms with E-state index < -0.39 is 12.1 Å². The van der Waals surface area contributed by atoms with E-state index in [1.54, 1.807) is 25.1 Å². The van der Waals surface area contributed by atoms with Gasteiger partial charge in [0.05, 0.1) is 5.56 Å². The van der Waals surface area contributed by atoms with Crippen LogP contribution in [0.1, 0.15) is 42.1 Å². The predicted molar refractivity (Wildman–Crippen MR) is 99.9 cm³/mol. The number of rotatable bonds is 7. The molecule has 0 saturated carbocycles. The molecular formula is C21H23NO5. The maximum atomic E-state index is 12.3. The fourth-order valence-electron chi connectivity index (χ4n) is 2.90. The Hall–Kier alpha value is -3.02. The molecule has 1 heterocycles. The number of hydrogen-bond donors (Lipinski definition) is 1. The molecule has 0 fully saturated rings. The molecule has 1 amide bonds. The van der Waals surface area contributed by atoms with Crippen LogP contribution in [-0.4, -0.2) is 31.3 Å². The monoisotopic (exact) mass is 369 g/mol. The molecule has 0 spiro atoms. The number of benzene rings is 2. The number of carbonyl (C=O) groups excluding carboxylic acids is 2. The Balaban J connectivity index is 1.53. The zero-order valence-corrected chi connectivity index (χ0v) is 15.4. The highest BCUT2D eigenvalue weighted by Crippen LogP contribution is 2.32. The van der Waals surface area contributed by atoms with Crippen LogP contribution in [0.3, 0.4) is 0 Å². The Bertz CT molecular complexity index is 805. The number of esters is 1. The Morgan fingerprint density at radius 3 is 2.59 bits per heavy atom. The van der Waals surface area contributed by atoms with Gasteiger partial charge < -0.3 is 19.5 Å². The molecule has 2 atom stereocenters. The lowest BCUT2D eigenvalue weighted by molar-refractivity contribution is -0.129. The van der Waals surface area contributed by atoms with Crippen LogP contribution >= 0.6 is 0 Å². The molecule has 0 aromatic heterocycles. The van der Waals surface area contributed by atoms with Crippen molar-refractivity contribution in [2.45, 2.75) is 32.3 Å². The van der Waals surface area contributed by atoms with E-state index in [4.69, 9.17) is 14.2 Å². The maximum absolute atomic E-state index is 12.3. The second-order valence-electron chi connectivity index (χ2n) is 6.38. The lowest BCUT2D eigenvalue weighted by Crippen LogP contribution is -2.38. The molecule has 0 unspecified atom stereocenters. The van der Waals surface area contributed by atoms with Crippen LogP contribution in [-0.2, 0) is 9.53 Å². The summed E-state index contributed by atoms with van der Waals surface area (Å²) in [5, 5.41) is 2.87. The number of amides is 1. The Morgan fingerprint density at radius 2 is 1.85 bits per heavy atom. The zero-order valence-electron chi connectivity index (χ0n) is 15.4. The summed E-state index contributed by atoms with van der Waals surface area (Å²) in [5.74, 6) is 0.399. The molecule has 6 nitrogen and oxygen atoms in total. The fourth-order valence-corrected chi connectivity index (χ4v) is 2.90. The van der Waals surface area contributed by atoms with E-state index in [0.29, 0.717) is 23.6 Å². The zero-order chi connectivity index (χ0) is 19.2. The van der Waals surface area contributed by atoms with Crippen LogP contribution in [0, 0.1) is 0 Å². The molecule has 1 aliphatic heterocycles. The van der Waals surface area contributed by atoms with Gasteiger partial charge in [0.1, 0.15) is 0 Å². The largest absolute Gasteiger partial charge is 0.454 e. The highest BCUT2D eigenvalue weighted by atomic mass is 16.7. The molecule has 0 saturated heterocycles. The first kappa shape index (κ1) is 18.8. The van der Waals surface area contributed by atoms with Crippen molar-refractivity contribution in [3.8, 4) is 11.5 Å². The smallest absolute Gasteiger partial charge is 0.339 e. The number of nitrogens with one attached hydrogen (secondary N) is 1. The average Bonchev–Trinajstić information content (AvgIpc) is 3.16. The van der Waals surface area contributed by atoms with Crippen LogP contribution < -0.4 is 14.8 Å². The molecule has 1 aliphatic rings. The highest BCUT2D eigenvalue weighted by Gasteiger charge is 2.22. The molecular weight excluding hydrogens is 346 g/mol. The summed E-state index contributed by atoms with van der Waals surface area (Å²) in [6.45, 7) is 4.26. The summed E-state index contributed by atoms with van der Waals surface area (Å²) >= 11 is 0. The standard InChI is InChI=1S/C21H23NO5/c1-3-15(16-7-5-4-6-8-16)12-22-20(23)14(2)27-21(24)17-9-10-18-19(11-17)26-13-25-18/h4-11,14-15H,3,12-13H2,1-2H3,(H,22,23)/t14-,15-/m0/s1. The average molecular weight is 369 g/mol. The third-order valence-electron chi connectivity index (χ3n) is 4.55. The fraction of sp³-hybridized carbons (Fsp3) is 0.333. The van der Waals surface area contributed by atoms with Crippen LogP contribution in [0.4, 0.5) is 0 Å². The van der Waals surface area contributed by atoms with Crippen molar-refractivity contribution in [1.82, 2.24) is 5.32 Å². The molecule has 6 heteroatoms. The van der Waals surface area contributed by atoms with E-state index in [-0.39, 0.29) is 18.6 Å². The van der Waals surface area contributed by atoms with Gasteiger partial charge in [0.25, 0.3) is 5.91 Å². The third-order valence-corrected chi connectivity index (χ3v) is 4.55. The van der Waals surface area contributed by atoms with Crippen LogP contribution in [0.15, 0.2) is 48.5 Å². The first-order valence-corrected chi connectivity index (χ1v) is 9.01. The van der Waals surface area contributed by atoms with Crippen LogP contribution in [0.2, 0.25) is 0 Å². The number of ether oxygens (including phenoxy) is 3. The molecule has 2 aromatic carbocycles. The second kappa shape index (κ2) is 8.58. The Morgan fingerprint density at radius 1 is 1.11 bits per heavy atom. The van der Waals surface area contributed by atoms with Crippen molar-refractivity contribution in [3.63, 3.8) is 0 Å². The summed E-state index contributed by atoms with van der Waals surface area (Å²) in [4.78, 5) is 24.6. The van der Waals surface area contributed by atoms with Gasteiger partial charge in [-0.25, -0.2) is 4.79 Å². The SMILES string of the molecule is CC[C@@H](CNC(=O)[C@H](C)OC(=O)c1ccc2c(c1)OCO2)c1ccccc1. The normalized spacial score (nSPS) is 14.3. The van der Waals surface area contributed by atoms with Crippen molar-refractivity contribution >= 4 is 11.9 Å². The van der Waals surface area contributed by atoms with Crippen molar-refractivity contribution < 1.29 is 23.8 Å². The van der Waals surface area contributed by atoms with Crippen molar-refractivity contribution in [3.05, 3.63) is 59.7 Å². The third kappa shape index (κ3) is 4.58. The predicted octanol–water partition coefficient (Wildman–Crippen LogP) is 3.27. The summed E-state index contributed by atoms with van der Waals surface area (Å²) < 4.78 is 15.7. The molecule has 2 aromatic rings. The summed E-state index contributed by atoms with van der Waals surface area (Å²) in [6, 6.07) is 14.8. The summed E-state index contributed by atoms with van der Waals surface area (Å²) in [7, 11) is 0. The topological polar surface area (TPSA) is 73.9 Å². The highest BCUT2D eigenvalue weighted by molar-refractivity contribution is 5.92. The molecule has 0 radical (unpaired) electrons. The van der Waals surface area contributed by atoms with E-state index in [9.17, 15) is 9.59 Å². The minimum atomic E-state index is -0.892. The van der Waals surface area contributed by atoms with Gasteiger partial charge >= 0.3 is 5.97 Å². The van der Waals surface area contributed by atoms with E-state index >= 15 is 0 Å². The molecule has 0 aliphatic carbocycles. The van der Waals surface area contributed by atoms with E-state index in [1.165, 1.54) is 5.56 Å². The minimum Gasteiger partial charge on any atom is -0.454 e. The van der Waals surface area contributed by atoms with Gasteiger partial charge in [-0.15, -0.1) is 0 Å². The first-order chi connectivity index (χ1) is 13.1. The van der Waals surface area contributed by atoms with Crippen LogP contribution in [0.5, 0.6) is 11.5 Å². The van der Waals surface area contributed by atoms with Gasteiger partial charge in [-0.05, 0) is 37.1 Å². The quantitative estimate of drug-likeness (QED) is 0.758. The Kier molecular flexibility index (Phi) is 5.96. The lowest BCUT2D eigenvalue weighted by atomic mass is 9.96. The first-order valence-electron chi connectivity index (χ1n) is 9.01. The van der Waals surface area contributed by atoms with Crippen molar-refractivity contribution in [2.75, 3.05) is 13.3 Å². The minimum absolute atomic E-state index is 0.132. The number of fused-ring (bicyclic) bond motifs is 1. The molecule has 1 N–H and O–H groups in total. The maximum Gasteiger partial charge on any atom is 0.339 e. The molecule has 0 bridgehead atoms. The van der Waals surface area contributed by atoms with Gasteiger partial charge in [0.2, 0.25) is 6.79 Å². The van der Waals surface area contributed by atoms with E-state index in [1.807, 2.05) is 30.3 Å².